The van der Waals surface area contributed by atoms with Crippen molar-refractivity contribution in [2.45, 2.75) is 25.2 Å². The molecule has 2 rings (SSSR count). The Morgan fingerprint density at radius 1 is 0.957 bits per heavy atom. The summed E-state index contributed by atoms with van der Waals surface area (Å²) in [7, 11) is -1.99. The molecule has 0 amide bonds. The van der Waals surface area contributed by atoms with Gasteiger partial charge in [-0.15, -0.1) is 0 Å². The first kappa shape index (κ1) is 17.0. The molecule has 0 N–H and O–H groups in total. The molecular weight excluding hydrogens is 300 g/mol. The normalized spacial score (nSPS) is 17.1. The number of nitriles is 2. The second-order valence-corrected chi connectivity index (χ2v) is 10.9. The van der Waals surface area contributed by atoms with Gasteiger partial charge in [0.25, 0.3) is 0 Å². The Balaban J connectivity index is 2.57. The second-order valence-electron chi connectivity index (χ2n) is 6.43. The Morgan fingerprint density at radius 3 is 1.96 bits per heavy atom. The molecule has 0 aliphatic heterocycles. The standard InChI is InChI=1S/C19H20N2OSi/c1-23(2,3)22-19(15-21,17-8-6-4-5-7-9-17)18-12-10-16(14-20)11-13-18/h4-13,17H,1-3H3. The van der Waals surface area contributed by atoms with Crippen LogP contribution in [0, 0.1) is 28.6 Å². The molecule has 23 heavy (non-hydrogen) atoms. The van der Waals surface area contributed by atoms with Crippen LogP contribution >= 0.6 is 0 Å². The van der Waals surface area contributed by atoms with E-state index in [4.69, 9.17) is 9.69 Å². The number of rotatable bonds is 4. The van der Waals surface area contributed by atoms with Crippen molar-refractivity contribution in [3.05, 3.63) is 71.8 Å². The van der Waals surface area contributed by atoms with Crippen molar-refractivity contribution in [1.82, 2.24) is 0 Å². The molecule has 1 aromatic rings. The zero-order valence-electron chi connectivity index (χ0n) is 13.7. The SMILES string of the molecule is C[Si](C)(C)OC(C#N)(c1ccc(C#N)cc1)C1C=CC=CC=C1. The average Bonchev–Trinajstić information content (AvgIpc) is 2.81. The predicted octanol–water partition coefficient (Wildman–Crippen LogP) is 4.43. The first-order valence-electron chi connectivity index (χ1n) is 7.55. The van der Waals surface area contributed by atoms with E-state index in [1.54, 1.807) is 12.1 Å². The van der Waals surface area contributed by atoms with Crippen molar-refractivity contribution in [3.63, 3.8) is 0 Å². The lowest BCUT2D eigenvalue weighted by Gasteiger charge is -2.37. The Bertz CT molecular complexity index is 711. The van der Waals surface area contributed by atoms with Gasteiger partial charge in [-0.1, -0.05) is 48.6 Å². The summed E-state index contributed by atoms with van der Waals surface area (Å²) in [5.41, 5.74) is 0.266. The topological polar surface area (TPSA) is 56.8 Å². The molecular formula is C19H20N2OSi. The molecule has 0 aromatic heterocycles. The van der Waals surface area contributed by atoms with E-state index in [1.165, 1.54) is 0 Å². The van der Waals surface area contributed by atoms with Crippen molar-refractivity contribution >= 4 is 8.32 Å². The van der Waals surface area contributed by atoms with Gasteiger partial charge < -0.3 is 4.43 Å². The molecule has 0 heterocycles. The highest BCUT2D eigenvalue weighted by molar-refractivity contribution is 6.69. The monoisotopic (exact) mass is 320 g/mol. The van der Waals surface area contributed by atoms with E-state index in [9.17, 15) is 5.26 Å². The van der Waals surface area contributed by atoms with Gasteiger partial charge in [-0.25, -0.2) is 0 Å². The van der Waals surface area contributed by atoms with Crippen LogP contribution in [0.25, 0.3) is 0 Å². The molecule has 1 aliphatic carbocycles. The number of hydrogen-bond donors (Lipinski definition) is 0. The Labute approximate surface area is 139 Å². The minimum atomic E-state index is -1.99. The number of benzene rings is 1. The molecule has 116 valence electrons. The van der Waals surface area contributed by atoms with Crippen LogP contribution < -0.4 is 0 Å². The van der Waals surface area contributed by atoms with Crippen LogP contribution in [0.1, 0.15) is 11.1 Å². The van der Waals surface area contributed by atoms with Gasteiger partial charge in [0.15, 0.2) is 13.9 Å². The van der Waals surface area contributed by atoms with Gasteiger partial charge in [0.1, 0.15) is 6.07 Å². The van der Waals surface area contributed by atoms with Crippen LogP contribution in [-0.4, -0.2) is 8.32 Å². The lowest BCUT2D eigenvalue weighted by molar-refractivity contribution is 0.0915. The van der Waals surface area contributed by atoms with Crippen molar-refractivity contribution < 1.29 is 4.43 Å². The molecule has 0 bridgehead atoms. The van der Waals surface area contributed by atoms with Crippen LogP contribution in [0.5, 0.6) is 0 Å². The quantitative estimate of drug-likeness (QED) is 0.771. The summed E-state index contributed by atoms with van der Waals surface area (Å²) in [4.78, 5) is 0. The third kappa shape index (κ3) is 3.87. The van der Waals surface area contributed by atoms with Gasteiger partial charge in [-0.3, -0.25) is 0 Å². The summed E-state index contributed by atoms with van der Waals surface area (Å²) in [6, 6.07) is 11.6. The van der Waals surface area contributed by atoms with Crippen molar-refractivity contribution in [2.75, 3.05) is 0 Å². The highest BCUT2D eigenvalue weighted by Gasteiger charge is 2.43. The molecule has 0 saturated carbocycles. The smallest absolute Gasteiger partial charge is 0.186 e. The summed E-state index contributed by atoms with van der Waals surface area (Å²) in [5, 5.41) is 19.0. The fraction of sp³-hybridized carbons (Fsp3) is 0.263. The van der Waals surface area contributed by atoms with E-state index in [1.807, 2.05) is 48.6 Å². The van der Waals surface area contributed by atoms with E-state index in [-0.39, 0.29) is 5.92 Å². The van der Waals surface area contributed by atoms with Crippen molar-refractivity contribution in [1.29, 1.82) is 10.5 Å². The maximum Gasteiger partial charge on any atom is 0.186 e. The molecule has 1 unspecified atom stereocenters. The molecule has 0 saturated heterocycles. The lowest BCUT2D eigenvalue weighted by Crippen LogP contribution is -2.44. The summed E-state index contributed by atoms with van der Waals surface area (Å²) in [6.07, 6.45) is 11.7. The highest BCUT2D eigenvalue weighted by atomic mass is 28.4. The first-order chi connectivity index (χ1) is 10.9. The first-order valence-corrected chi connectivity index (χ1v) is 11.0. The largest absolute Gasteiger partial charge is 0.396 e. The van der Waals surface area contributed by atoms with Crippen LogP contribution in [-0.2, 0) is 10.0 Å². The molecule has 1 atom stereocenters. The Hall–Kier alpha value is -2.40. The number of nitrogens with zero attached hydrogens (tertiary/aromatic N) is 2. The fourth-order valence-electron chi connectivity index (χ4n) is 2.59. The maximum atomic E-state index is 10.1. The van der Waals surface area contributed by atoms with Gasteiger partial charge in [-0.05, 0) is 37.3 Å². The van der Waals surface area contributed by atoms with Crippen LogP contribution in [0.4, 0.5) is 0 Å². The number of hydrogen-bond acceptors (Lipinski definition) is 3. The third-order valence-electron chi connectivity index (χ3n) is 3.52. The van der Waals surface area contributed by atoms with Gasteiger partial charge in [0.05, 0.1) is 11.6 Å². The second kappa shape index (κ2) is 6.79. The van der Waals surface area contributed by atoms with Crippen LogP contribution in [0.15, 0.2) is 60.7 Å². The van der Waals surface area contributed by atoms with Crippen molar-refractivity contribution in [2.24, 2.45) is 5.92 Å². The minimum Gasteiger partial charge on any atom is -0.396 e. The third-order valence-corrected chi connectivity index (χ3v) is 4.45. The van der Waals surface area contributed by atoms with Crippen molar-refractivity contribution in [3.8, 4) is 12.1 Å². The van der Waals surface area contributed by atoms with E-state index in [0.717, 1.165) is 5.56 Å². The van der Waals surface area contributed by atoms with E-state index in [0.29, 0.717) is 5.56 Å². The van der Waals surface area contributed by atoms with Gasteiger partial charge in [-0.2, -0.15) is 10.5 Å². The van der Waals surface area contributed by atoms with Gasteiger partial charge in [0.2, 0.25) is 0 Å². The highest BCUT2D eigenvalue weighted by Crippen LogP contribution is 2.38. The van der Waals surface area contributed by atoms with Crippen LogP contribution in [0.3, 0.4) is 0 Å². The molecule has 3 nitrogen and oxygen atoms in total. The fourth-order valence-corrected chi connectivity index (χ4v) is 3.85. The van der Waals surface area contributed by atoms with Gasteiger partial charge in [0, 0.05) is 5.92 Å². The molecule has 0 spiro atoms. The lowest BCUT2D eigenvalue weighted by atomic mass is 9.81. The molecule has 1 aromatic carbocycles. The Morgan fingerprint density at radius 2 is 1.52 bits per heavy atom. The summed E-state index contributed by atoms with van der Waals surface area (Å²) in [6.45, 7) is 6.22. The molecule has 0 radical (unpaired) electrons. The minimum absolute atomic E-state index is 0.192. The Kier molecular flexibility index (Phi) is 5.01. The summed E-state index contributed by atoms with van der Waals surface area (Å²) < 4.78 is 6.39. The summed E-state index contributed by atoms with van der Waals surface area (Å²) >= 11 is 0. The number of allylic oxidation sites excluding steroid dienone is 4. The molecule has 0 fully saturated rings. The van der Waals surface area contributed by atoms with E-state index < -0.39 is 13.9 Å². The predicted molar refractivity (Wildman–Crippen MR) is 93.8 cm³/mol. The zero-order chi connectivity index (χ0) is 16.9. The molecule has 1 aliphatic rings. The summed E-state index contributed by atoms with van der Waals surface area (Å²) in [5.74, 6) is -0.192. The zero-order valence-corrected chi connectivity index (χ0v) is 14.7. The maximum absolute atomic E-state index is 10.1. The molecule has 4 heteroatoms. The average molecular weight is 320 g/mol. The van der Waals surface area contributed by atoms with E-state index >= 15 is 0 Å². The van der Waals surface area contributed by atoms with Crippen LogP contribution in [0.2, 0.25) is 19.6 Å². The van der Waals surface area contributed by atoms with E-state index in [2.05, 4.69) is 31.8 Å². The van der Waals surface area contributed by atoms with Gasteiger partial charge >= 0.3 is 0 Å².